The van der Waals surface area contributed by atoms with Crippen molar-refractivity contribution in [1.29, 1.82) is 0 Å². The van der Waals surface area contributed by atoms with E-state index in [0.29, 0.717) is 81.5 Å². The maximum Gasteiger partial charge on any atom is 0.410 e. The highest BCUT2D eigenvalue weighted by Gasteiger charge is 2.56. The Hall–Kier alpha value is -7.85. The fourth-order valence-electron chi connectivity index (χ4n) is 12.0. The lowest BCUT2D eigenvalue weighted by molar-refractivity contribution is -0.123. The lowest BCUT2D eigenvalue weighted by Crippen LogP contribution is -2.44. The molecule has 4 aliphatic rings. The summed E-state index contributed by atoms with van der Waals surface area (Å²) in [5, 5.41) is 10.6. The van der Waals surface area contributed by atoms with E-state index in [2.05, 4.69) is 10.00 Å². The molecule has 2 unspecified atom stereocenters. The zero-order chi connectivity index (χ0) is 51.4. The van der Waals surface area contributed by atoms with Gasteiger partial charge in [0, 0.05) is 85.3 Å². The van der Waals surface area contributed by atoms with Crippen LogP contribution in [0.5, 0.6) is 0 Å². The third-order valence-electron chi connectivity index (χ3n) is 15.8. The summed E-state index contributed by atoms with van der Waals surface area (Å²) in [6, 6.07) is 30.7. The van der Waals surface area contributed by atoms with Crippen molar-refractivity contribution in [1.82, 2.24) is 29.4 Å². The number of nitrogens with zero attached hydrogens (tertiary/aromatic N) is 8. The summed E-state index contributed by atoms with van der Waals surface area (Å²) < 4.78 is 73.8. The average molecular weight is 1000 g/mol. The number of anilines is 2. The number of benzene rings is 6. The second-order valence-electron chi connectivity index (χ2n) is 21.0. The van der Waals surface area contributed by atoms with Gasteiger partial charge in [-0.1, -0.05) is 60.7 Å². The van der Waals surface area contributed by atoms with Crippen LogP contribution in [0.1, 0.15) is 55.4 Å². The summed E-state index contributed by atoms with van der Waals surface area (Å²) in [7, 11) is 3.75. The number of carbonyl (C=O) groups excluding carboxylic acids is 3. The SMILES string of the molecule is CN1CCC2(C1)C(=O)N(Cc1c(F)cc(-c3cccc4nn(CCC(C)(C)OC(=O)N5CCC6(C5)C(=O)N(Cc5c(F)cc(-c7cccc8nn(C)cc78)cc5F)c5ccccc56)cc34)cc1F)c1ccccc12. The second-order valence-corrected chi connectivity index (χ2v) is 21.0. The number of para-hydroxylation sites is 2. The van der Waals surface area contributed by atoms with Crippen LogP contribution in [0.25, 0.3) is 44.1 Å². The first-order chi connectivity index (χ1) is 35.5. The molecule has 4 aliphatic heterocycles. The lowest BCUT2D eigenvalue weighted by atomic mass is 9.81. The van der Waals surface area contributed by atoms with Gasteiger partial charge in [-0.3, -0.25) is 19.0 Å². The highest BCUT2D eigenvalue weighted by atomic mass is 19.1. The van der Waals surface area contributed by atoms with E-state index in [0.717, 1.165) is 17.5 Å². The molecule has 12 rings (SSSR count). The number of likely N-dealkylation sites (tertiary alicyclic amines) is 2. The van der Waals surface area contributed by atoms with Crippen LogP contribution in [0.4, 0.5) is 33.7 Å². The van der Waals surface area contributed by atoms with Gasteiger partial charge in [0.05, 0.1) is 35.0 Å². The van der Waals surface area contributed by atoms with Crippen molar-refractivity contribution in [2.75, 3.05) is 43.0 Å². The summed E-state index contributed by atoms with van der Waals surface area (Å²) in [6.07, 6.45) is 4.28. The highest BCUT2D eigenvalue weighted by Crippen LogP contribution is 2.50. The fraction of sp³-hybridized carbons (Fsp3) is 0.293. The molecule has 0 N–H and O–H groups in total. The predicted molar refractivity (Wildman–Crippen MR) is 273 cm³/mol. The molecule has 6 aromatic carbocycles. The number of fused-ring (bicyclic) bond motifs is 6. The number of hydrogen-bond acceptors (Lipinski definition) is 7. The van der Waals surface area contributed by atoms with Gasteiger partial charge in [-0.2, -0.15) is 10.2 Å². The molecule has 2 atom stereocenters. The van der Waals surface area contributed by atoms with E-state index >= 15 is 17.6 Å². The molecule has 16 heteroatoms. The van der Waals surface area contributed by atoms with E-state index in [9.17, 15) is 14.4 Å². The molecule has 2 aromatic heterocycles. The van der Waals surface area contributed by atoms with Crippen LogP contribution in [0.2, 0.25) is 0 Å². The van der Waals surface area contributed by atoms with Gasteiger partial charge in [0.25, 0.3) is 0 Å². The van der Waals surface area contributed by atoms with Crippen LogP contribution in [0.3, 0.4) is 0 Å². The summed E-state index contributed by atoms with van der Waals surface area (Å²) in [4.78, 5) is 49.1. The van der Waals surface area contributed by atoms with Crippen molar-refractivity contribution < 1.29 is 36.7 Å². The molecular formula is C58H52F4N8O4. The average Bonchev–Trinajstić information content (AvgIpc) is 4.24. The Morgan fingerprint density at radius 1 is 0.635 bits per heavy atom. The molecule has 12 nitrogen and oxygen atoms in total. The zero-order valence-electron chi connectivity index (χ0n) is 41.3. The molecule has 3 amide bonds. The molecular weight excluding hydrogens is 949 g/mol. The Morgan fingerprint density at radius 2 is 1.14 bits per heavy atom. The lowest BCUT2D eigenvalue weighted by Gasteiger charge is -2.29. The van der Waals surface area contributed by atoms with Crippen LogP contribution in [-0.2, 0) is 51.8 Å². The standard InChI is InChI=1S/C58H52F4N8O4/c1-56(2,19-24-68-30-40-38(12-10-16-50(40)64-68)36-27-47(61)41(48(62)28-36)31-69-51-17-7-5-13-43(51)57(53(69)71)20-22-65(3)33-57)74-55(73)67-23-21-58(34-67)44-14-6-8-18-52(44)70(54(58)72)32-42-45(59)25-35(26-46(42)60)37-11-9-15-49-39(37)29-66(4)63-49/h5-18,25-30H,19-24,31-34H2,1-4H3. The van der Waals surface area contributed by atoms with E-state index in [4.69, 9.17) is 9.84 Å². The van der Waals surface area contributed by atoms with E-state index in [1.165, 1.54) is 39.0 Å². The van der Waals surface area contributed by atoms with E-state index in [-0.39, 0.29) is 55.5 Å². The summed E-state index contributed by atoms with van der Waals surface area (Å²) in [6.45, 7) is 4.87. The van der Waals surface area contributed by atoms with Crippen LogP contribution >= 0.6 is 0 Å². The molecule has 0 radical (unpaired) electrons. The Balaban J connectivity index is 0.716. The van der Waals surface area contributed by atoms with Crippen molar-refractivity contribution in [2.24, 2.45) is 7.05 Å². The van der Waals surface area contributed by atoms with E-state index in [1.807, 2.05) is 55.6 Å². The van der Waals surface area contributed by atoms with Gasteiger partial charge >= 0.3 is 6.09 Å². The van der Waals surface area contributed by atoms with Crippen LogP contribution in [0.15, 0.2) is 122 Å². The largest absolute Gasteiger partial charge is 0.443 e. The summed E-state index contributed by atoms with van der Waals surface area (Å²) >= 11 is 0. The van der Waals surface area contributed by atoms with Crippen molar-refractivity contribution in [3.05, 3.63) is 167 Å². The minimum Gasteiger partial charge on any atom is -0.443 e. The molecule has 2 fully saturated rings. The van der Waals surface area contributed by atoms with E-state index < -0.39 is 45.8 Å². The molecule has 6 heterocycles. The van der Waals surface area contributed by atoms with Gasteiger partial charge in [-0.15, -0.1) is 0 Å². The molecule has 8 aromatic rings. The van der Waals surface area contributed by atoms with Crippen LogP contribution < -0.4 is 9.80 Å². The smallest absolute Gasteiger partial charge is 0.410 e. The first-order valence-corrected chi connectivity index (χ1v) is 24.9. The maximum atomic E-state index is 16.1. The topological polar surface area (TPSA) is 109 Å². The molecule has 376 valence electrons. The number of halogens is 4. The molecule has 74 heavy (non-hydrogen) atoms. The minimum absolute atomic E-state index is 0.0195. The number of aryl methyl sites for hydroxylation is 2. The fourth-order valence-corrected chi connectivity index (χ4v) is 12.0. The maximum absolute atomic E-state index is 16.1. The third-order valence-corrected chi connectivity index (χ3v) is 15.8. The number of carbonyl (C=O) groups is 3. The van der Waals surface area contributed by atoms with Crippen molar-refractivity contribution in [3.8, 4) is 22.3 Å². The van der Waals surface area contributed by atoms with Gasteiger partial charge in [-0.25, -0.2) is 22.4 Å². The Labute approximate surface area is 424 Å². The first-order valence-electron chi connectivity index (χ1n) is 24.9. The first kappa shape index (κ1) is 47.2. The summed E-state index contributed by atoms with van der Waals surface area (Å²) in [5.74, 6) is -3.57. The number of amides is 3. The Kier molecular flexibility index (Phi) is 11.1. The molecule has 2 spiro atoms. The monoisotopic (exact) mass is 1000 g/mol. The Morgan fingerprint density at radius 3 is 1.68 bits per heavy atom. The van der Waals surface area contributed by atoms with Gasteiger partial charge in [0.2, 0.25) is 11.8 Å². The van der Waals surface area contributed by atoms with Gasteiger partial charge in [0.1, 0.15) is 28.9 Å². The van der Waals surface area contributed by atoms with Gasteiger partial charge in [0.15, 0.2) is 0 Å². The quantitative estimate of drug-likeness (QED) is 0.126. The van der Waals surface area contributed by atoms with Crippen LogP contribution in [0, 0.1) is 23.3 Å². The van der Waals surface area contributed by atoms with Gasteiger partial charge < -0.3 is 24.3 Å². The van der Waals surface area contributed by atoms with E-state index in [1.54, 1.807) is 79.1 Å². The van der Waals surface area contributed by atoms with Crippen molar-refractivity contribution >= 4 is 51.1 Å². The number of likely N-dealkylation sites (N-methyl/N-ethyl adjacent to an activating group) is 1. The number of rotatable bonds is 10. The molecule has 0 saturated carbocycles. The van der Waals surface area contributed by atoms with Crippen molar-refractivity contribution in [3.63, 3.8) is 0 Å². The second kappa shape index (κ2) is 17.4. The normalized spacial score (nSPS) is 19.6. The minimum atomic E-state index is -1.14. The highest BCUT2D eigenvalue weighted by molar-refractivity contribution is 6.10. The molecule has 2 saturated heterocycles. The summed E-state index contributed by atoms with van der Waals surface area (Å²) in [5.41, 5.74) is 2.67. The molecule has 0 bridgehead atoms. The number of ether oxygens (including phenoxy) is 1. The van der Waals surface area contributed by atoms with Crippen molar-refractivity contribution in [2.45, 2.75) is 69.2 Å². The number of aromatic nitrogens is 4. The van der Waals surface area contributed by atoms with Crippen LogP contribution in [-0.4, -0.2) is 86.1 Å². The Bertz CT molecular complexity index is 3600. The van der Waals surface area contributed by atoms with Gasteiger partial charge in [-0.05, 0) is 122 Å². The zero-order valence-corrected chi connectivity index (χ0v) is 41.3. The number of hydrogen-bond donors (Lipinski definition) is 0. The molecule has 0 aliphatic carbocycles. The predicted octanol–water partition coefficient (Wildman–Crippen LogP) is 10.4. The third kappa shape index (κ3) is 7.63.